The van der Waals surface area contributed by atoms with Crippen molar-refractivity contribution in [1.82, 2.24) is 15.3 Å². The molecule has 124 valence electrons. The molecule has 1 aromatic carbocycles. The lowest BCUT2D eigenvalue weighted by Gasteiger charge is -2.28. The van der Waals surface area contributed by atoms with Gasteiger partial charge in [-0.15, -0.1) is 0 Å². The van der Waals surface area contributed by atoms with Crippen LogP contribution in [0.2, 0.25) is 0 Å². The second kappa shape index (κ2) is 6.50. The number of ether oxygens (including phenoxy) is 1. The summed E-state index contributed by atoms with van der Waals surface area (Å²) in [5, 5.41) is 2.77. The van der Waals surface area contributed by atoms with Crippen LogP contribution in [-0.2, 0) is 10.2 Å². The molecule has 6 nitrogen and oxygen atoms in total. The van der Waals surface area contributed by atoms with E-state index in [0.717, 1.165) is 16.7 Å². The summed E-state index contributed by atoms with van der Waals surface area (Å²) in [7, 11) is 0. The third kappa shape index (κ3) is 4.39. The van der Waals surface area contributed by atoms with Crippen molar-refractivity contribution in [3.63, 3.8) is 0 Å². The van der Waals surface area contributed by atoms with Gasteiger partial charge in [0.1, 0.15) is 5.60 Å². The Hall–Kier alpha value is -2.21. The zero-order valence-electron chi connectivity index (χ0n) is 14.1. The molecule has 1 unspecified atom stereocenters. The van der Waals surface area contributed by atoms with E-state index in [4.69, 9.17) is 10.5 Å². The number of para-hydroxylation sites is 2. The van der Waals surface area contributed by atoms with Gasteiger partial charge in [-0.1, -0.05) is 19.1 Å². The molecule has 0 aliphatic rings. The van der Waals surface area contributed by atoms with Crippen LogP contribution in [0.3, 0.4) is 0 Å². The van der Waals surface area contributed by atoms with Crippen LogP contribution in [0, 0.1) is 0 Å². The first-order valence-corrected chi connectivity index (χ1v) is 7.63. The van der Waals surface area contributed by atoms with Crippen LogP contribution < -0.4 is 11.1 Å². The molecule has 0 aliphatic heterocycles. The fraction of sp³-hybridized carbons (Fsp3) is 0.471. The fourth-order valence-electron chi connectivity index (χ4n) is 2.10. The highest BCUT2D eigenvalue weighted by atomic mass is 16.6. The van der Waals surface area contributed by atoms with Crippen LogP contribution in [0.15, 0.2) is 30.5 Å². The van der Waals surface area contributed by atoms with Gasteiger partial charge >= 0.3 is 6.09 Å². The maximum Gasteiger partial charge on any atom is 0.407 e. The first-order chi connectivity index (χ1) is 10.7. The van der Waals surface area contributed by atoms with Crippen LogP contribution in [-0.4, -0.2) is 34.8 Å². The summed E-state index contributed by atoms with van der Waals surface area (Å²) in [5.74, 6) is 0. The smallest absolute Gasteiger partial charge is 0.407 e. The first kappa shape index (κ1) is 17.1. The summed E-state index contributed by atoms with van der Waals surface area (Å²) in [6, 6.07) is 7.65. The molecule has 0 saturated carbocycles. The second-order valence-electron chi connectivity index (χ2n) is 6.86. The molecule has 1 atom stereocenters. The van der Waals surface area contributed by atoms with E-state index < -0.39 is 17.1 Å². The van der Waals surface area contributed by atoms with Crippen molar-refractivity contribution in [3.8, 4) is 0 Å². The number of rotatable bonds is 4. The zero-order valence-corrected chi connectivity index (χ0v) is 14.1. The van der Waals surface area contributed by atoms with Gasteiger partial charge in [0.2, 0.25) is 0 Å². The highest BCUT2D eigenvalue weighted by molar-refractivity contribution is 5.73. The predicted molar refractivity (Wildman–Crippen MR) is 90.2 cm³/mol. The second-order valence-corrected chi connectivity index (χ2v) is 6.86. The maximum absolute atomic E-state index is 11.9. The summed E-state index contributed by atoms with van der Waals surface area (Å²) in [6.07, 6.45) is 1.25. The van der Waals surface area contributed by atoms with Crippen LogP contribution >= 0.6 is 0 Å². The number of nitrogens with two attached hydrogens (primary N) is 1. The molecule has 0 saturated heterocycles. The predicted octanol–water partition coefficient (Wildman–Crippen LogP) is 2.37. The Bertz CT molecular complexity index is 696. The van der Waals surface area contributed by atoms with Gasteiger partial charge in [-0.25, -0.2) is 9.78 Å². The van der Waals surface area contributed by atoms with Crippen molar-refractivity contribution >= 4 is 17.1 Å². The van der Waals surface area contributed by atoms with Gasteiger partial charge in [0.25, 0.3) is 0 Å². The largest absolute Gasteiger partial charge is 0.444 e. The standard InChI is InChI=1S/C17H24N4O2/c1-16(2,3)23-15(22)20-11-17(4,10-18)14-9-19-12-7-5-6-8-13(12)21-14/h5-9H,10-11,18H2,1-4H3,(H,20,22). The van der Waals surface area contributed by atoms with Crippen LogP contribution in [0.4, 0.5) is 4.79 Å². The van der Waals surface area contributed by atoms with Gasteiger partial charge < -0.3 is 15.8 Å². The number of nitrogens with one attached hydrogen (secondary N) is 1. The number of nitrogens with zero attached hydrogens (tertiary/aromatic N) is 2. The van der Waals surface area contributed by atoms with Crippen molar-refractivity contribution in [2.75, 3.05) is 13.1 Å². The number of carbonyl (C=O) groups is 1. The van der Waals surface area contributed by atoms with Crippen molar-refractivity contribution in [2.45, 2.75) is 38.7 Å². The highest BCUT2D eigenvalue weighted by Gasteiger charge is 2.29. The number of benzene rings is 1. The third-order valence-corrected chi connectivity index (χ3v) is 3.54. The van der Waals surface area contributed by atoms with E-state index in [2.05, 4.69) is 15.3 Å². The lowest BCUT2D eigenvalue weighted by molar-refractivity contribution is 0.0516. The molecule has 6 heteroatoms. The molecular formula is C17H24N4O2. The van der Waals surface area contributed by atoms with E-state index in [1.807, 2.05) is 52.0 Å². The van der Waals surface area contributed by atoms with E-state index in [9.17, 15) is 4.79 Å². The molecule has 2 rings (SSSR count). The molecule has 2 aromatic rings. The normalized spacial score (nSPS) is 14.3. The number of amides is 1. The molecule has 0 aliphatic carbocycles. The number of aromatic nitrogens is 2. The molecule has 3 N–H and O–H groups in total. The van der Waals surface area contributed by atoms with Gasteiger partial charge in [-0.3, -0.25) is 4.98 Å². The Kier molecular flexibility index (Phi) is 4.85. The topological polar surface area (TPSA) is 90.1 Å². The average molecular weight is 316 g/mol. The Balaban J connectivity index is 2.16. The Morgan fingerprint density at radius 3 is 2.48 bits per heavy atom. The molecule has 0 radical (unpaired) electrons. The monoisotopic (exact) mass is 316 g/mol. The van der Waals surface area contributed by atoms with Crippen LogP contribution in [0.1, 0.15) is 33.4 Å². The van der Waals surface area contributed by atoms with Gasteiger partial charge in [0.15, 0.2) is 0 Å². The summed E-state index contributed by atoms with van der Waals surface area (Å²) >= 11 is 0. The van der Waals surface area contributed by atoms with E-state index in [1.165, 1.54) is 0 Å². The fourth-order valence-corrected chi connectivity index (χ4v) is 2.10. The molecule has 0 spiro atoms. The number of carbonyl (C=O) groups excluding carboxylic acids is 1. The Labute approximate surface area is 136 Å². The maximum atomic E-state index is 11.9. The van der Waals surface area contributed by atoms with E-state index in [1.54, 1.807) is 6.20 Å². The quantitative estimate of drug-likeness (QED) is 0.903. The SMILES string of the molecule is CC(C)(C)OC(=O)NCC(C)(CN)c1cnc2ccccc2n1. The highest BCUT2D eigenvalue weighted by Crippen LogP contribution is 2.21. The van der Waals surface area contributed by atoms with Crippen LogP contribution in [0.5, 0.6) is 0 Å². The molecule has 1 heterocycles. The lowest BCUT2D eigenvalue weighted by atomic mass is 9.87. The van der Waals surface area contributed by atoms with Gasteiger partial charge in [-0.2, -0.15) is 0 Å². The van der Waals surface area contributed by atoms with Crippen molar-refractivity contribution < 1.29 is 9.53 Å². The minimum atomic E-state index is -0.536. The summed E-state index contributed by atoms with van der Waals surface area (Å²) < 4.78 is 5.26. The average Bonchev–Trinajstić information content (AvgIpc) is 2.50. The Morgan fingerprint density at radius 1 is 1.22 bits per heavy atom. The van der Waals surface area contributed by atoms with E-state index in [-0.39, 0.29) is 0 Å². The van der Waals surface area contributed by atoms with Gasteiger partial charge in [-0.05, 0) is 32.9 Å². The summed E-state index contributed by atoms with van der Waals surface area (Å²) in [5.41, 5.74) is 7.26. The molecule has 1 aromatic heterocycles. The van der Waals surface area contributed by atoms with E-state index >= 15 is 0 Å². The van der Waals surface area contributed by atoms with E-state index in [0.29, 0.717) is 13.1 Å². The minimum absolute atomic E-state index is 0.325. The first-order valence-electron chi connectivity index (χ1n) is 7.63. The van der Waals surface area contributed by atoms with Crippen molar-refractivity contribution in [3.05, 3.63) is 36.2 Å². The summed E-state index contributed by atoms with van der Waals surface area (Å²) in [6.45, 7) is 8.07. The molecule has 0 bridgehead atoms. The number of alkyl carbamates (subject to hydrolysis) is 1. The number of fused-ring (bicyclic) bond motifs is 1. The molecular weight excluding hydrogens is 292 g/mol. The molecule has 0 fully saturated rings. The number of hydrogen-bond donors (Lipinski definition) is 2. The lowest BCUT2D eigenvalue weighted by Crippen LogP contribution is -2.45. The van der Waals surface area contributed by atoms with Gasteiger partial charge in [0.05, 0.1) is 16.7 Å². The zero-order chi connectivity index (χ0) is 17.1. The Morgan fingerprint density at radius 2 is 1.87 bits per heavy atom. The van der Waals surface area contributed by atoms with Crippen molar-refractivity contribution in [1.29, 1.82) is 0 Å². The molecule has 1 amide bonds. The summed E-state index contributed by atoms with van der Waals surface area (Å²) in [4.78, 5) is 20.9. The molecule has 23 heavy (non-hydrogen) atoms. The third-order valence-electron chi connectivity index (χ3n) is 3.54. The minimum Gasteiger partial charge on any atom is -0.444 e. The van der Waals surface area contributed by atoms with Crippen molar-refractivity contribution in [2.24, 2.45) is 5.73 Å². The number of hydrogen-bond acceptors (Lipinski definition) is 5. The van der Waals surface area contributed by atoms with Gasteiger partial charge in [0, 0.05) is 24.7 Å². The van der Waals surface area contributed by atoms with Crippen LogP contribution in [0.25, 0.3) is 11.0 Å².